The molecule has 0 aromatic heterocycles. The van der Waals surface area contributed by atoms with Crippen LogP contribution in [0.4, 0.5) is 0 Å². The number of benzene rings is 4. The van der Waals surface area contributed by atoms with E-state index in [1.807, 2.05) is 122 Å². The lowest BCUT2D eigenvalue weighted by molar-refractivity contribution is 0.307. The SMILES string of the molecule is CC(C)N(C(C)C)[P@](=O)(c1ccccc1)c1ccccc1C=N[C@@H]1CCCC[C@H]1N=Cc1ccccc1[P@@](=O)(c1ccccc1)N(C(C)C)C(C)C. The fourth-order valence-corrected chi connectivity index (χ4v) is 15.0. The lowest BCUT2D eigenvalue weighted by Gasteiger charge is -2.39. The van der Waals surface area contributed by atoms with Gasteiger partial charge in [0.15, 0.2) is 0 Å². The second-order valence-electron chi connectivity index (χ2n) is 15.1. The lowest BCUT2D eigenvalue weighted by atomic mass is 9.91. The van der Waals surface area contributed by atoms with Gasteiger partial charge in [0.25, 0.3) is 0 Å². The molecule has 6 nitrogen and oxygen atoms in total. The summed E-state index contributed by atoms with van der Waals surface area (Å²) in [4.78, 5) is 10.4. The predicted molar refractivity (Wildman–Crippen MR) is 225 cm³/mol. The summed E-state index contributed by atoms with van der Waals surface area (Å²) in [7, 11) is -6.42. The molecule has 5 rings (SSSR count). The van der Waals surface area contributed by atoms with Gasteiger partial charge >= 0.3 is 0 Å². The monoisotopic (exact) mass is 736 g/mol. The van der Waals surface area contributed by atoms with Crippen LogP contribution in [-0.4, -0.2) is 58.0 Å². The Bertz CT molecular complexity index is 1750. The topological polar surface area (TPSA) is 65.3 Å². The van der Waals surface area contributed by atoms with Crippen LogP contribution in [-0.2, 0) is 9.13 Å². The first-order valence-electron chi connectivity index (χ1n) is 19.0. The Labute approximate surface area is 313 Å². The maximum absolute atomic E-state index is 15.6. The summed E-state index contributed by atoms with van der Waals surface area (Å²) in [5, 5.41) is 3.29. The molecule has 52 heavy (non-hydrogen) atoms. The standard InChI is InChI=1S/C44H58N4O2P2/c1-33(2)47(34(3)4)51(49,39-23-11-9-12-24-39)43-29-19-15-21-37(43)31-45-41-27-17-18-28-42(41)46-32-38-22-16-20-30-44(38)52(50,40-25-13-10-14-26-40)48(35(5)6)36(7)8/h9-16,19-26,29-36,41-42H,17-18,27-28H2,1-8H3/t41-,42-,51+,52+/m1/s1. The molecule has 0 saturated heterocycles. The van der Waals surface area contributed by atoms with Crippen LogP contribution >= 0.6 is 14.6 Å². The highest BCUT2D eigenvalue weighted by Crippen LogP contribution is 2.52. The van der Waals surface area contributed by atoms with E-state index < -0.39 is 14.6 Å². The highest BCUT2D eigenvalue weighted by molar-refractivity contribution is 7.77. The zero-order chi connectivity index (χ0) is 37.5. The van der Waals surface area contributed by atoms with E-state index in [4.69, 9.17) is 9.98 Å². The van der Waals surface area contributed by atoms with Gasteiger partial charge in [0.05, 0.1) is 12.1 Å². The first-order valence-corrected chi connectivity index (χ1v) is 22.4. The molecular formula is C44H58N4O2P2. The van der Waals surface area contributed by atoms with Gasteiger partial charge in [-0.3, -0.25) is 19.1 Å². The number of rotatable bonds is 14. The van der Waals surface area contributed by atoms with Crippen molar-refractivity contribution in [1.82, 2.24) is 9.34 Å². The van der Waals surface area contributed by atoms with Crippen LogP contribution < -0.4 is 21.2 Å². The molecule has 0 aliphatic heterocycles. The van der Waals surface area contributed by atoms with Gasteiger partial charge in [-0.15, -0.1) is 0 Å². The number of aliphatic imine (C=N–C) groups is 2. The summed E-state index contributed by atoms with van der Waals surface area (Å²) in [5.74, 6) is 0. The molecule has 0 bridgehead atoms. The molecule has 4 atom stereocenters. The minimum Gasteiger partial charge on any atom is -0.296 e. The van der Waals surface area contributed by atoms with Gasteiger partial charge in [0.1, 0.15) is 0 Å². The lowest BCUT2D eigenvalue weighted by Crippen LogP contribution is -2.42. The van der Waals surface area contributed by atoms with Crippen LogP contribution in [0.1, 0.15) is 92.2 Å². The van der Waals surface area contributed by atoms with Gasteiger partial charge < -0.3 is 0 Å². The highest BCUT2D eigenvalue weighted by atomic mass is 31.2. The van der Waals surface area contributed by atoms with E-state index in [0.29, 0.717) is 0 Å². The van der Waals surface area contributed by atoms with E-state index in [1.54, 1.807) is 0 Å². The van der Waals surface area contributed by atoms with Crippen LogP contribution in [0.2, 0.25) is 0 Å². The Morgan fingerprint density at radius 2 is 0.808 bits per heavy atom. The third kappa shape index (κ3) is 8.37. The fraction of sp³-hybridized carbons (Fsp3) is 0.409. The smallest absolute Gasteiger partial charge is 0.208 e. The number of nitrogens with zero attached hydrogens (tertiary/aromatic N) is 4. The largest absolute Gasteiger partial charge is 0.296 e. The Hall–Kier alpha value is -3.40. The molecule has 0 radical (unpaired) electrons. The van der Waals surface area contributed by atoms with Crippen LogP contribution in [0.3, 0.4) is 0 Å². The Kier molecular flexibility index (Phi) is 13.5. The molecule has 0 amide bonds. The Morgan fingerprint density at radius 3 is 1.13 bits per heavy atom. The van der Waals surface area contributed by atoms with E-state index in [1.165, 1.54) is 0 Å². The van der Waals surface area contributed by atoms with Gasteiger partial charge in [-0.25, -0.2) is 9.34 Å². The minimum atomic E-state index is -3.21. The average Bonchev–Trinajstić information content (AvgIpc) is 3.13. The summed E-state index contributed by atoms with van der Waals surface area (Å²) in [6.45, 7) is 17.0. The second kappa shape index (κ2) is 17.6. The molecule has 0 unspecified atom stereocenters. The van der Waals surface area contributed by atoms with Crippen molar-refractivity contribution >= 4 is 48.2 Å². The van der Waals surface area contributed by atoms with Crippen LogP contribution in [0.15, 0.2) is 119 Å². The van der Waals surface area contributed by atoms with Crippen molar-refractivity contribution in [1.29, 1.82) is 0 Å². The highest BCUT2D eigenvalue weighted by Gasteiger charge is 2.40. The summed E-state index contributed by atoms with van der Waals surface area (Å²) < 4.78 is 35.5. The molecule has 276 valence electrons. The predicted octanol–water partition coefficient (Wildman–Crippen LogP) is 9.23. The first-order chi connectivity index (χ1) is 24.9. The summed E-state index contributed by atoms with van der Waals surface area (Å²) in [5.41, 5.74) is 1.76. The third-order valence-electron chi connectivity index (χ3n) is 10.0. The van der Waals surface area contributed by atoms with Crippen molar-refractivity contribution in [3.63, 3.8) is 0 Å². The Balaban J connectivity index is 1.53. The van der Waals surface area contributed by atoms with Crippen molar-refractivity contribution in [2.75, 3.05) is 0 Å². The van der Waals surface area contributed by atoms with E-state index >= 15 is 9.13 Å². The van der Waals surface area contributed by atoms with Crippen LogP contribution in [0.5, 0.6) is 0 Å². The van der Waals surface area contributed by atoms with Crippen LogP contribution in [0.25, 0.3) is 0 Å². The number of hydrogen-bond acceptors (Lipinski definition) is 4. The molecule has 4 aromatic rings. The molecule has 0 spiro atoms. The molecule has 1 fully saturated rings. The fourth-order valence-electron chi connectivity index (χ4n) is 8.08. The maximum atomic E-state index is 15.6. The summed E-state index contributed by atoms with van der Waals surface area (Å²) in [6.07, 6.45) is 7.93. The van der Waals surface area contributed by atoms with Gasteiger partial charge in [0, 0.05) is 68.9 Å². The van der Waals surface area contributed by atoms with Crippen molar-refractivity contribution in [3.05, 3.63) is 120 Å². The second-order valence-corrected chi connectivity index (χ2v) is 20.3. The minimum absolute atomic E-state index is 0.0172. The molecule has 1 aliphatic carbocycles. The summed E-state index contributed by atoms with van der Waals surface area (Å²) >= 11 is 0. The molecule has 1 saturated carbocycles. The van der Waals surface area contributed by atoms with Gasteiger partial charge in [-0.05, 0) is 105 Å². The number of hydrogen-bond donors (Lipinski definition) is 0. The van der Waals surface area contributed by atoms with Crippen molar-refractivity contribution in [2.45, 2.75) is 117 Å². The van der Waals surface area contributed by atoms with Crippen molar-refractivity contribution in [3.8, 4) is 0 Å². The molecule has 0 N–H and O–H groups in total. The molecular weight excluding hydrogens is 678 g/mol. The summed E-state index contributed by atoms with van der Waals surface area (Å²) in [6, 6.07) is 36.2. The Morgan fingerprint density at radius 1 is 0.500 bits per heavy atom. The molecule has 4 aromatic carbocycles. The molecule has 1 aliphatic rings. The zero-order valence-corrected chi connectivity index (χ0v) is 34.1. The molecule has 0 heterocycles. The van der Waals surface area contributed by atoms with Crippen LogP contribution in [0, 0.1) is 0 Å². The van der Waals surface area contributed by atoms with Gasteiger partial charge in [-0.1, -0.05) is 85.6 Å². The average molecular weight is 737 g/mol. The first kappa shape index (κ1) is 39.8. The zero-order valence-electron chi connectivity index (χ0n) is 32.3. The normalized spacial score (nSPS) is 19.4. The van der Waals surface area contributed by atoms with E-state index in [0.717, 1.165) is 58.0 Å². The maximum Gasteiger partial charge on any atom is 0.208 e. The van der Waals surface area contributed by atoms with E-state index in [9.17, 15) is 0 Å². The van der Waals surface area contributed by atoms with Gasteiger partial charge in [0.2, 0.25) is 14.6 Å². The van der Waals surface area contributed by atoms with Crippen molar-refractivity contribution in [2.24, 2.45) is 9.98 Å². The molecule has 8 heteroatoms. The quantitative estimate of drug-likeness (QED) is 0.0957. The van der Waals surface area contributed by atoms with Crippen molar-refractivity contribution < 1.29 is 9.13 Å². The van der Waals surface area contributed by atoms with E-state index in [2.05, 4.69) is 64.7 Å². The third-order valence-corrected chi connectivity index (χ3v) is 17.3. The van der Waals surface area contributed by atoms with E-state index in [-0.39, 0.29) is 36.3 Å². The van der Waals surface area contributed by atoms with Gasteiger partial charge in [-0.2, -0.15) is 0 Å².